The Morgan fingerprint density at radius 1 is 1.33 bits per heavy atom. The van der Waals surface area contributed by atoms with E-state index in [9.17, 15) is 0 Å². The topological polar surface area (TPSA) is 26.0 Å². The smallest absolute Gasteiger partial charge is 0.00861 e. The van der Waals surface area contributed by atoms with Crippen molar-refractivity contribution in [2.45, 2.75) is 51.9 Å². The number of hydrogen-bond donors (Lipinski definition) is 1. The van der Waals surface area contributed by atoms with Crippen LogP contribution in [0, 0.1) is 30.1 Å². The fourth-order valence-corrected chi connectivity index (χ4v) is 2.92. The van der Waals surface area contributed by atoms with Crippen LogP contribution in [-0.4, -0.2) is 6.54 Å². The quantitative estimate of drug-likeness (QED) is 0.544. The zero-order valence-electron chi connectivity index (χ0n) is 10.0. The van der Waals surface area contributed by atoms with Gasteiger partial charge in [0.1, 0.15) is 0 Å². The van der Waals surface area contributed by atoms with Gasteiger partial charge in [-0.3, -0.25) is 0 Å². The summed E-state index contributed by atoms with van der Waals surface area (Å²) in [6, 6.07) is 0. The van der Waals surface area contributed by atoms with Crippen molar-refractivity contribution in [1.29, 1.82) is 0 Å². The molecule has 0 saturated heterocycles. The van der Waals surface area contributed by atoms with Crippen LogP contribution in [0.25, 0.3) is 0 Å². The summed E-state index contributed by atoms with van der Waals surface area (Å²) in [4.78, 5) is 0. The van der Waals surface area contributed by atoms with Gasteiger partial charge >= 0.3 is 0 Å². The first-order valence-corrected chi connectivity index (χ1v) is 6.45. The first-order valence-electron chi connectivity index (χ1n) is 6.45. The molecule has 1 aliphatic carbocycles. The van der Waals surface area contributed by atoms with E-state index in [1.54, 1.807) is 0 Å². The molecule has 1 nitrogen and oxygen atoms in total. The molecular weight excluding hydrogens is 182 g/mol. The third kappa shape index (κ3) is 3.87. The van der Waals surface area contributed by atoms with E-state index < -0.39 is 0 Å². The van der Waals surface area contributed by atoms with Crippen LogP contribution in [0.4, 0.5) is 0 Å². The lowest BCUT2D eigenvalue weighted by molar-refractivity contribution is 0.169. The molecular formula is C14H25N. The maximum Gasteiger partial charge on any atom is 0.00861 e. The zero-order chi connectivity index (χ0) is 11.1. The second kappa shape index (κ2) is 6.90. The molecule has 0 aromatic rings. The molecule has 1 heteroatoms. The van der Waals surface area contributed by atoms with E-state index in [0.29, 0.717) is 0 Å². The average molecular weight is 207 g/mol. The lowest BCUT2D eigenvalue weighted by Crippen LogP contribution is -2.30. The fraction of sp³-hybridized carbons (Fsp3) is 0.857. The molecule has 0 radical (unpaired) electrons. The standard InChI is InChI=1S/C14H25N/c1-3-5-6-7-13-10-12(4-2)8-9-14(13)11-15/h1,12-14H,4-11,15H2,2H3. The van der Waals surface area contributed by atoms with Crippen molar-refractivity contribution in [2.24, 2.45) is 23.5 Å². The minimum atomic E-state index is 0.769. The highest BCUT2D eigenvalue weighted by atomic mass is 14.6. The van der Waals surface area contributed by atoms with Gasteiger partial charge in [-0.05, 0) is 50.0 Å². The molecule has 0 spiro atoms. The van der Waals surface area contributed by atoms with Gasteiger partial charge in [0.05, 0.1) is 0 Å². The molecule has 15 heavy (non-hydrogen) atoms. The first-order chi connectivity index (χ1) is 7.31. The van der Waals surface area contributed by atoms with Crippen LogP contribution in [0.1, 0.15) is 51.9 Å². The minimum Gasteiger partial charge on any atom is -0.330 e. The number of nitrogens with two attached hydrogens (primary N) is 1. The lowest BCUT2D eigenvalue weighted by atomic mass is 9.71. The summed E-state index contributed by atoms with van der Waals surface area (Å²) in [6.07, 6.45) is 14.2. The second-order valence-electron chi connectivity index (χ2n) is 4.94. The van der Waals surface area contributed by atoms with E-state index in [-0.39, 0.29) is 0 Å². The summed E-state index contributed by atoms with van der Waals surface area (Å²) in [5.74, 6) is 5.30. The van der Waals surface area contributed by atoms with E-state index in [0.717, 1.165) is 30.7 Å². The van der Waals surface area contributed by atoms with Crippen LogP contribution < -0.4 is 5.73 Å². The minimum absolute atomic E-state index is 0.769. The highest BCUT2D eigenvalue weighted by molar-refractivity contribution is 4.85. The van der Waals surface area contributed by atoms with Gasteiger partial charge in [-0.1, -0.05) is 19.8 Å². The highest BCUT2D eigenvalue weighted by Crippen LogP contribution is 2.37. The Hall–Kier alpha value is -0.480. The number of rotatable bonds is 5. The van der Waals surface area contributed by atoms with Crippen molar-refractivity contribution < 1.29 is 0 Å². The zero-order valence-corrected chi connectivity index (χ0v) is 10.0. The molecule has 1 fully saturated rings. The first kappa shape index (κ1) is 12.6. The van der Waals surface area contributed by atoms with E-state index in [1.807, 2.05) is 0 Å². The van der Waals surface area contributed by atoms with Crippen LogP contribution >= 0.6 is 0 Å². The van der Waals surface area contributed by atoms with Crippen molar-refractivity contribution in [3.63, 3.8) is 0 Å². The molecule has 86 valence electrons. The van der Waals surface area contributed by atoms with Crippen LogP contribution in [0.2, 0.25) is 0 Å². The maximum atomic E-state index is 5.84. The molecule has 1 rings (SSSR count). The third-order valence-electron chi connectivity index (χ3n) is 4.02. The number of terminal acetylenes is 1. The molecule has 0 aromatic heterocycles. The van der Waals surface area contributed by atoms with Crippen molar-refractivity contribution in [1.82, 2.24) is 0 Å². The lowest BCUT2D eigenvalue weighted by Gasteiger charge is -2.35. The van der Waals surface area contributed by atoms with E-state index in [1.165, 1.54) is 38.5 Å². The summed E-state index contributed by atoms with van der Waals surface area (Å²) in [6.45, 7) is 3.18. The van der Waals surface area contributed by atoms with Gasteiger partial charge in [0.15, 0.2) is 0 Å². The summed E-state index contributed by atoms with van der Waals surface area (Å²) < 4.78 is 0. The number of hydrogen-bond acceptors (Lipinski definition) is 1. The van der Waals surface area contributed by atoms with Gasteiger partial charge in [0, 0.05) is 6.42 Å². The predicted molar refractivity (Wildman–Crippen MR) is 66.4 cm³/mol. The Labute approximate surface area is 94.8 Å². The monoisotopic (exact) mass is 207 g/mol. The van der Waals surface area contributed by atoms with E-state index in [2.05, 4.69) is 12.8 Å². The summed E-state index contributed by atoms with van der Waals surface area (Å²) >= 11 is 0. The van der Waals surface area contributed by atoms with Gasteiger partial charge in [-0.25, -0.2) is 0 Å². The van der Waals surface area contributed by atoms with Crippen LogP contribution in [0.3, 0.4) is 0 Å². The molecule has 2 N–H and O–H groups in total. The van der Waals surface area contributed by atoms with Crippen molar-refractivity contribution in [3.8, 4) is 12.3 Å². The number of unbranched alkanes of at least 4 members (excludes halogenated alkanes) is 1. The predicted octanol–water partition coefficient (Wildman–Crippen LogP) is 3.19. The molecule has 0 amide bonds. The molecule has 0 aromatic carbocycles. The highest BCUT2D eigenvalue weighted by Gasteiger charge is 2.28. The summed E-state index contributed by atoms with van der Waals surface area (Å²) in [7, 11) is 0. The van der Waals surface area contributed by atoms with Crippen LogP contribution in [0.5, 0.6) is 0 Å². The molecule has 3 unspecified atom stereocenters. The Kier molecular flexibility index (Phi) is 5.79. The van der Waals surface area contributed by atoms with Gasteiger partial charge < -0.3 is 5.73 Å². The fourth-order valence-electron chi connectivity index (χ4n) is 2.92. The Balaban J connectivity index is 2.37. The van der Waals surface area contributed by atoms with E-state index >= 15 is 0 Å². The summed E-state index contributed by atoms with van der Waals surface area (Å²) in [5, 5.41) is 0. The SMILES string of the molecule is C#CCCCC1CC(CC)CCC1CN. The van der Waals surface area contributed by atoms with Gasteiger partial charge in [0.2, 0.25) is 0 Å². The average Bonchev–Trinajstić information content (AvgIpc) is 2.29. The third-order valence-corrected chi connectivity index (χ3v) is 4.02. The molecule has 0 heterocycles. The second-order valence-corrected chi connectivity index (χ2v) is 4.94. The van der Waals surface area contributed by atoms with Crippen LogP contribution in [-0.2, 0) is 0 Å². The summed E-state index contributed by atoms with van der Waals surface area (Å²) in [5.41, 5.74) is 5.84. The molecule has 1 aliphatic rings. The molecule has 0 aliphatic heterocycles. The van der Waals surface area contributed by atoms with Crippen molar-refractivity contribution >= 4 is 0 Å². The Morgan fingerprint density at radius 2 is 2.13 bits per heavy atom. The van der Waals surface area contributed by atoms with E-state index in [4.69, 9.17) is 12.2 Å². The van der Waals surface area contributed by atoms with Crippen molar-refractivity contribution in [2.75, 3.05) is 6.54 Å². The maximum absolute atomic E-state index is 5.84. The van der Waals surface area contributed by atoms with Crippen LogP contribution in [0.15, 0.2) is 0 Å². The molecule has 0 bridgehead atoms. The van der Waals surface area contributed by atoms with Gasteiger partial charge in [-0.15, -0.1) is 12.3 Å². The van der Waals surface area contributed by atoms with Gasteiger partial charge in [-0.2, -0.15) is 0 Å². The van der Waals surface area contributed by atoms with Gasteiger partial charge in [0.25, 0.3) is 0 Å². The van der Waals surface area contributed by atoms with Crippen molar-refractivity contribution in [3.05, 3.63) is 0 Å². The Bertz CT molecular complexity index is 204. The Morgan fingerprint density at radius 3 is 2.73 bits per heavy atom. The largest absolute Gasteiger partial charge is 0.330 e. The molecule has 1 saturated carbocycles. The molecule has 3 atom stereocenters. The normalized spacial score (nSPS) is 31.1.